The van der Waals surface area contributed by atoms with Gasteiger partial charge >= 0.3 is 6.03 Å². The number of hydrogen-bond donors (Lipinski definition) is 2. The number of likely N-dealkylation sites (tertiary alicyclic amines) is 1. The maximum atomic E-state index is 12.9. The van der Waals surface area contributed by atoms with Gasteiger partial charge in [-0.05, 0) is 31.6 Å². The Morgan fingerprint density at radius 2 is 1.96 bits per heavy atom. The number of nitrogens with one attached hydrogen (secondary N) is 1. The highest BCUT2D eigenvalue weighted by molar-refractivity contribution is 6.07. The highest BCUT2D eigenvalue weighted by atomic mass is 16.2. The first-order valence-corrected chi connectivity index (χ1v) is 8.60. The molecule has 0 aromatic heterocycles. The van der Waals surface area contributed by atoms with E-state index in [2.05, 4.69) is 17.1 Å². The molecule has 0 unspecified atom stereocenters. The Morgan fingerprint density at radius 1 is 1.26 bits per heavy atom. The number of rotatable bonds is 3. The second-order valence-electron chi connectivity index (χ2n) is 7.22. The van der Waals surface area contributed by atoms with Crippen molar-refractivity contribution < 1.29 is 14.4 Å². The van der Waals surface area contributed by atoms with Crippen LogP contribution in [0.2, 0.25) is 0 Å². The van der Waals surface area contributed by atoms with Gasteiger partial charge in [0, 0.05) is 19.0 Å². The fraction of sp³-hybridized carbons (Fsp3) is 0.812. The zero-order valence-corrected chi connectivity index (χ0v) is 13.7. The van der Waals surface area contributed by atoms with Crippen molar-refractivity contribution in [1.82, 2.24) is 15.1 Å². The van der Waals surface area contributed by atoms with E-state index in [0.717, 1.165) is 25.7 Å². The van der Waals surface area contributed by atoms with Gasteiger partial charge in [-0.1, -0.05) is 19.8 Å². The van der Waals surface area contributed by atoms with Gasteiger partial charge in [-0.2, -0.15) is 0 Å². The van der Waals surface area contributed by atoms with Crippen LogP contribution in [0.4, 0.5) is 4.79 Å². The smallest absolute Gasteiger partial charge is 0.326 e. The molecule has 2 saturated heterocycles. The van der Waals surface area contributed by atoms with Gasteiger partial charge in [0.15, 0.2) is 0 Å². The van der Waals surface area contributed by atoms with Gasteiger partial charge in [0.2, 0.25) is 5.91 Å². The minimum Gasteiger partial charge on any atom is -0.369 e. The van der Waals surface area contributed by atoms with E-state index in [0.29, 0.717) is 32.6 Å². The number of amides is 4. The number of hydrogen-bond acceptors (Lipinski definition) is 4. The lowest BCUT2D eigenvalue weighted by Gasteiger charge is -2.37. The molecule has 3 rings (SSSR count). The predicted molar refractivity (Wildman–Crippen MR) is 84.1 cm³/mol. The van der Waals surface area contributed by atoms with Gasteiger partial charge in [0.1, 0.15) is 5.54 Å². The van der Waals surface area contributed by atoms with Gasteiger partial charge in [-0.15, -0.1) is 0 Å². The van der Waals surface area contributed by atoms with E-state index in [1.165, 1.54) is 4.90 Å². The maximum absolute atomic E-state index is 12.9. The molecule has 0 radical (unpaired) electrons. The van der Waals surface area contributed by atoms with E-state index in [4.69, 9.17) is 5.73 Å². The molecule has 3 N–H and O–H groups in total. The lowest BCUT2D eigenvalue weighted by atomic mass is 9.73. The Hall–Kier alpha value is -1.63. The third-order valence-electron chi connectivity index (χ3n) is 5.83. The summed E-state index contributed by atoms with van der Waals surface area (Å²) in [6.45, 7) is 3.74. The van der Waals surface area contributed by atoms with Crippen molar-refractivity contribution in [1.29, 1.82) is 0 Å². The Morgan fingerprint density at radius 3 is 2.57 bits per heavy atom. The summed E-state index contributed by atoms with van der Waals surface area (Å²) in [5.41, 5.74) is 4.65. The van der Waals surface area contributed by atoms with Crippen molar-refractivity contribution in [3.8, 4) is 0 Å². The molecular formula is C16H26N4O3. The Bertz CT molecular complexity index is 515. The molecule has 3 fully saturated rings. The quantitative estimate of drug-likeness (QED) is 0.745. The Balaban J connectivity index is 1.64. The maximum Gasteiger partial charge on any atom is 0.326 e. The molecule has 4 amide bonds. The first kappa shape index (κ1) is 16.2. The standard InChI is InChI=1S/C16H26N4O3/c1-11-4-2-3-7-16(11)14(22)20(15(23)18-16)10-19-8-5-12(6-9-19)13(17)21/h11-12H,2-10H2,1H3,(H2,17,21)(H,18,23)/t11-,16+/m1/s1. The summed E-state index contributed by atoms with van der Waals surface area (Å²) in [7, 11) is 0. The molecule has 1 saturated carbocycles. The van der Waals surface area contributed by atoms with Crippen LogP contribution < -0.4 is 11.1 Å². The minimum absolute atomic E-state index is 0.0771. The summed E-state index contributed by atoms with van der Waals surface area (Å²) in [5, 5.41) is 2.97. The zero-order valence-electron chi connectivity index (χ0n) is 13.7. The van der Waals surface area contributed by atoms with Gasteiger partial charge in [-0.25, -0.2) is 9.69 Å². The fourth-order valence-corrected chi connectivity index (χ4v) is 4.18. The Labute approximate surface area is 136 Å². The van der Waals surface area contributed by atoms with Crippen LogP contribution in [0.1, 0.15) is 45.4 Å². The summed E-state index contributed by atoms with van der Waals surface area (Å²) in [5.74, 6) is -0.237. The summed E-state index contributed by atoms with van der Waals surface area (Å²) >= 11 is 0. The summed E-state index contributed by atoms with van der Waals surface area (Å²) in [4.78, 5) is 39.9. The van der Waals surface area contributed by atoms with E-state index >= 15 is 0 Å². The number of carbonyl (C=O) groups excluding carboxylic acids is 3. The third kappa shape index (κ3) is 2.82. The predicted octanol–water partition coefficient (Wildman–Crippen LogP) is 0.642. The molecule has 2 aliphatic heterocycles. The zero-order chi connectivity index (χ0) is 16.6. The molecule has 0 aromatic rings. The van der Waals surface area contributed by atoms with Crippen molar-refractivity contribution in [2.24, 2.45) is 17.6 Å². The largest absolute Gasteiger partial charge is 0.369 e. The van der Waals surface area contributed by atoms with Crippen molar-refractivity contribution in [3.63, 3.8) is 0 Å². The summed E-state index contributed by atoms with van der Waals surface area (Å²) in [6, 6.07) is -0.277. The molecule has 0 bridgehead atoms. The SMILES string of the molecule is C[C@@H]1CCCC[C@]12NC(=O)N(CN1CCC(C(N)=O)CC1)C2=O. The monoisotopic (exact) mass is 322 g/mol. The molecule has 23 heavy (non-hydrogen) atoms. The van der Waals surface area contributed by atoms with Gasteiger partial charge in [-0.3, -0.25) is 14.5 Å². The van der Waals surface area contributed by atoms with Crippen LogP contribution in [0.15, 0.2) is 0 Å². The van der Waals surface area contributed by atoms with Crippen LogP contribution in [-0.2, 0) is 9.59 Å². The summed E-state index contributed by atoms with van der Waals surface area (Å²) in [6.07, 6.45) is 5.20. The van der Waals surface area contributed by atoms with Crippen LogP contribution in [0.25, 0.3) is 0 Å². The van der Waals surface area contributed by atoms with E-state index in [1.807, 2.05) is 0 Å². The highest BCUT2D eigenvalue weighted by Crippen LogP contribution is 2.38. The van der Waals surface area contributed by atoms with Crippen LogP contribution in [0.5, 0.6) is 0 Å². The molecule has 2 atom stereocenters. The molecule has 1 aliphatic carbocycles. The van der Waals surface area contributed by atoms with Crippen LogP contribution >= 0.6 is 0 Å². The molecule has 0 aromatic carbocycles. The first-order chi connectivity index (χ1) is 10.9. The van der Waals surface area contributed by atoms with Gasteiger partial charge < -0.3 is 11.1 Å². The average Bonchev–Trinajstić information content (AvgIpc) is 2.76. The van der Waals surface area contributed by atoms with E-state index in [9.17, 15) is 14.4 Å². The fourth-order valence-electron chi connectivity index (χ4n) is 4.18. The summed E-state index contributed by atoms with van der Waals surface area (Å²) < 4.78 is 0. The molecule has 1 spiro atoms. The molecule has 7 nitrogen and oxygen atoms in total. The van der Waals surface area contributed by atoms with Crippen LogP contribution in [0.3, 0.4) is 0 Å². The van der Waals surface area contributed by atoms with Crippen LogP contribution in [0, 0.1) is 11.8 Å². The molecular weight excluding hydrogens is 296 g/mol. The molecule has 7 heteroatoms. The number of nitrogens with two attached hydrogens (primary N) is 1. The average molecular weight is 322 g/mol. The number of carbonyl (C=O) groups is 3. The molecule has 128 valence electrons. The highest BCUT2D eigenvalue weighted by Gasteiger charge is 2.55. The second kappa shape index (κ2) is 6.11. The van der Waals surface area contributed by atoms with E-state index < -0.39 is 5.54 Å². The third-order valence-corrected chi connectivity index (χ3v) is 5.83. The van der Waals surface area contributed by atoms with Gasteiger partial charge in [0.05, 0.1) is 6.67 Å². The van der Waals surface area contributed by atoms with Crippen molar-refractivity contribution in [3.05, 3.63) is 0 Å². The number of imide groups is 1. The topological polar surface area (TPSA) is 95.7 Å². The van der Waals surface area contributed by atoms with Crippen molar-refractivity contribution >= 4 is 17.8 Å². The number of piperidine rings is 1. The van der Waals surface area contributed by atoms with E-state index in [-0.39, 0.29) is 29.7 Å². The first-order valence-electron chi connectivity index (χ1n) is 8.60. The lowest BCUT2D eigenvalue weighted by molar-refractivity contribution is -0.136. The second-order valence-corrected chi connectivity index (χ2v) is 7.22. The number of nitrogens with zero attached hydrogens (tertiary/aromatic N) is 2. The normalized spacial score (nSPS) is 33.3. The van der Waals surface area contributed by atoms with Crippen molar-refractivity contribution in [2.75, 3.05) is 19.8 Å². The van der Waals surface area contributed by atoms with Gasteiger partial charge in [0.25, 0.3) is 5.91 Å². The van der Waals surface area contributed by atoms with Crippen LogP contribution in [-0.4, -0.2) is 52.9 Å². The van der Waals surface area contributed by atoms with Crippen molar-refractivity contribution in [2.45, 2.75) is 51.0 Å². The Kier molecular flexibility index (Phi) is 4.31. The lowest BCUT2D eigenvalue weighted by Crippen LogP contribution is -2.54. The minimum atomic E-state index is -0.694. The molecule has 2 heterocycles. The van der Waals surface area contributed by atoms with E-state index in [1.54, 1.807) is 0 Å². The number of urea groups is 1. The number of primary amides is 1. The molecule has 3 aliphatic rings.